The Morgan fingerprint density at radius 3 is 2.70 bits per heavy atom. The van der Waals surface area contributed by atoms with Gasteiger partial charge in [0, 0.05) is 19.3 Å². The number of H-pyrrole nitrogens is 1. The van der Waals surface area contributed by atoms with E-state index < -0.39 is 0 Å². The van der Waals surface area contributed by atoms with Gasteiger partial charge in [-0.05, 0) is 61.2 Å². The number of fused-ring (bicyclic) bond motifs is 1. The maximum Gasteiger partial charge on any atom is 0.142 e. The molecule has 1 aliphatic rings. The minimum absolute atomic E-state index is 0.587. The Morgan fingerprint density at radius 1 is 1.07 bits per heavy atom. The first kappa shape index (κ1) is 18.4. The lowest BCUT2D eigenvalue weighted by atomic mass is 9.86. The normalized spacial score (nSPS) is 20.0. The maximum absolute atomic E-state index is 4.55. The first-order chi connectivity index (χ1) is 13.3. The van der Waals surface area contributed by atoms with Gasteiger partial charge < -0.3 is 9.88 Å². The highest BCUT2D eigenvalue weighted by Gasteiger charge is 2.25. The van der Waals surface area contributed by atoms with Crippen molar-refractivity contribution in [3.8, 4) is 0 Å². The van der Waals surface area contributed by atoms with Crippen LogP contribution in [0.4, 0.5) is 5.82 Å². The van der Waals surface area contributed by atoms with Crippen molar-refractivity contribution in [3.05, 3.63) is 54.5 Å². The highest BCUT2D eigenvalue weighted by atomic mass is 32.2. The van der Waals surface area contributed by atoms with Gasteiger partial charge in [-0.2, -0.15) is 11.8 Å². The molecular weight excluding hydrogens is 352 g/mol. The topological polar surface area (TPSA) is 44.8 Å². The molecular formula is C22H28N4S. The van der Waals surface area contributed by atoms with Crippen LogP contribution in [0.2, 0.25) is 0 Å². The summed E-state index contributed by atoms with van der Waals surface area (Å²) in [6.45, 7) is 0. The summed E-state index contributed by atoms with van der Waals surface area (Å²) < 4.78 is 0. The van der Waals surface area contributed by atoms with Gasteiger partial charge in [-0.25, -0.2) is 9.97 Å². The van der Waals surface area contributed by atoms with Crippen LogP contribution < -0.4 is 4.90 Å². The van der Waals surface area contributed by atoms with Crippen molar-refractivity contribution < 1.29 is 0 Å². The lowest BCUT2D eigenvalue weighted by molar-refractivity contribution is 0.344. The van der Waals surface area contributed by atoms with Crippen LogP contribution in [0, 0.1) is 5.92 Å². The van der Waals surface area contributed by atoms with Crippen LogP contribution in [0.5, 0.6) is 0 Å². The smallest absolute Gasteiger partial charge is 0.142 e. The fraction of sp³-hybridized carbons (Fsp3) is 0.455. The van der Waals surface area contributed by atoms with Crippen molar-refractivity contribution >= 4 is 28.6 Å². The summed E-state index contributed by atoms with van der Waals surface area (Å²) in [6.07, 6.45) is 9.97. The van der Waals surface area contributed by atoms with Gasteiger partial charge in [-0.1, -0.05) is 30.3 Å². The number of rotatable bonds is 7. The van der Waals surface area contributed by atoms with Crippen molar-refractivity contribution in [2.45, 2.75) is 38.1 Å². The zero-order valence-electron chi connectivity index (χ0n) is 16.0. The molecule has 0 unspecified atom stereocenters. The molecule has 1 saturated carbocycles. The second-order valence-electron chi connectivity index (χ2n) is 7.53. The Morgan fingerprint density at radius 2 is 1.89 bits per heavy atom. The van der Waals surface area contributed by atoms with Crippen molar-refractivity contribution in [1.29, 1.82) is 0 Å². The minimum Gasteiger partial charge on any atom is -0.356 e. The van der Waals surface area contributed by atoms with Crippen molar-refractivity contribution in [3.63, 3.8) is 0 Å². The monoisotopic (exact) mass is 380 g/mol. The first-order valence-electron chi connectivity index (χ1n) is 9.94. The van der Waals surface area contributed by atoms with Crippen LogP contribution in [-0.2, 0) is 6.42 Å². The molecule has 0 amide bonds. The molecule has 2 aromatic heterocycles. The van der Waals surface area contributed by atoms with Crippen LogP contribution in [0.25, 0.3) is 11.0 Å². The van der Waals surface area contributed by atoms with E-state index in [9.17, 15) is 0 Å². The Labute approximate surface area is 165 Å². The number of nitrogens with zero attached hydrogens (tertiary/aromatic N) is 3. The molecule has 0 saturated heterocycles. The summed E-state index contributed by atoms with van der Waals surface area (Å²) in [5, 5.41) is 1.12. The van der Waals surface area contributed by atoms with Gasteiger partial charge in [0.05, 0.1) is 5.39 Å². The largest absolute Gasteiger partial charge is 0.356 e. The third-order valence-corrected chi connectivity index (χ3v) is 6.96. The Bertz CT molecular complexity index is 840. The number of nitrogens with one attached hydrogen (secondary N) is 1. The molecule has 0 spiro atoms. The number of aryl methyl sites for hydroxylation is 1. The summed E-state index contributed by atoms with van der Waals surface area (Å²) in [4.78, 5) is 14.4. The highest BCUT2D eigenvalue weighted by Crippen LogP contribution is 2.32. The molecule has 3 aromatic rings. The minimum atomic E-state index is 0.587. The van der Waals surface area contributed by atoms with Gasteiger partial charge >= 0.3 is 0 Å². The van der Waals surface area contributed by atoms with E-state index in [4.69, 9.17) is 0 Å². The number of aromatic amines is 1. The van der Waals surface area contributed by atoms with E-state index >= 15 is 0 Å². The fourth-order valence-electron chi connectivity index (χ4n) is 4.10. The van der Waals surface area contributed by atoms with E-state index in [0.717, 1.165) is 22.8 Å². The summed E-state index contributed by atoms with van der Waals surface area (Å²) in [5.41, 5.74) is 2.38. The molecule has 4 rings (SSSR count). The number of aromatic nitrogens is 3. The Kier molecular flexibility index (Phi) is 5.97. The third-order valence-electron chi connectivity index (χ3n) is 5.76. The first-order valence-corrected chi connectivity index (χ1v) is 11.1. The second kappa shape index (κ2) is 8.79. The predicted octanol–water partition coefficient (Wildman–Crippen LogP) is 4.93. The summed E-state index contributed by atoms with van der Waals surface area (Å²) in [5.74, 6) is 4.46. The fourth-order valence-corrected chi connectivity index (χ4v) is 5.31. The Balaban J connectivity index is 1.23. The number of thioether (sulfide) groups is 1. The van der Waals surface area contributed by atoms with Gasteiger partial charge in [0.25, 0.3) is 0 Å². The van der Waals surface area contributed by atoms with E-state index in [1.807, 2.05) is 6.20 Å². The van der Waals surface area contributed by atoms with Gasteiger partial charge in [-0.3, -0.25) is 0 Å². The molecule has 0 radical (unpaired) electrons. The van der Waals surface area contributed by atoms with Crippen LogP contribution in [0.3, 0.4) is 0 Å². The van der Waals surface area contributed by atoms with E-state index in [1.54, 1.807) is 6.33 Å². The molecule has 1 N–H and O–H groups in total. The predicted molar refractivity (Wildman–Crippen MR) is 116 cm³/mol. The number of benzene rings is 1. The molecule has 0 bridgehead atoms. The summed E-state index contributed by atoms with van der Waals surface area (Å²) in [6, 6.07) is 13.5. The van der Waals surface area contributed by atoms with E-state index in [1.165, 1.54) is 49.2 Å². The van der Waals surface area contributed by atoms with Crippen molar-refractivity contribution in [2.24, 2.45) is 5.92 Å². The van der Waals surface area contributed by atoms with Crippen LogP contribution in [-0.4, -0.2) is 39.5 Å². The van der Waals surface area contributed by atoms with Gasteiger partial charge in [0.15, 0.2) is 0 Å². The summed E-state index contributed by atoms with van der Waals surface area (Å²) >= 11 is 2.13. The van der Waals surface area contributed by atoms with Crippen molar-refractivity contribution in [2.75, 3.05) is 23.5 Å². The zero-order valence-corrected chi connectivity index (χ0v) is 16.8. The molecule has 2 heterocycles. The average Bonchev–Trinajstić information content (AvgIpc) is 3.21. The molecule has 5 heteroatoms. The van der Waals surface area contributed by atoms with E-state index in [-0.39, 0.29) is 0 Å². The quantitative estimate of drug-likeness (QED) is 0.590. The van der Waals surface area contributed by atoms with Crippen molar-refractivity contribution in [1.82, 2.24) is 15.0 Å². The summed E-state index contributed by atoms with van der Waals surface area (Å²) in [7, 11) is 2.19. The third kappa shape index (κ3) is 4.46. The van der Waals surface area contributed by atoms with Gasteiger partial charge in [-0.15, -0.1) is 0 Å². The Hall–Kier alpha value is -2.01. The highest BCUT2D eigenvalue weighted by molar-refractivity contribution is 7.99. The van der Waals surface area contributed by atoms with E-state index in [2.05, 4.69) is 75.1 Å². The lowest BCUT2D eigenvalue weighted by Gasteiger charge is -2.35. The maximum atomic E-state index is 4.55. The SMILES string of the molecule is CN(c1ncnc2[nH]ccc12)C1CCC(CSCCc2ccccc2)CC1. The standard InChI is InChI=1S/C22H28N4S/c1-26(22-20-11-13-23-21(20)24-16-25-22)19-9-7-18(8-10-19)15-27-14-12-17-5-3-2-4-6-17/h2-6,11,13,16,18-19H,7-10,12,14-15H2,1H3,(H,23,24,25). The van der Waals surface area contributed by atoms with Crippen LogP contribution in [0.1, 0.15) is 31.2 Å². The second-order valence-corrected chi connectivity index (χ2v) is 8.68. The number of anilines is 1. The molecule has 1 fully saturated rings. The lowest BCUT2D eigenvalue weighted by Crippen LogP contribution is -2.36. The van der Waals surface area contributed by atoms with Gasteiger partial charge in [0.1, 0.15) is 17.8 Å². The molecule has 0 aliphatic heterocycles. The molecule has 1 aromatic carbocycles. The zero-order chi connectivity index (χ0) is 18.5. The average molecular weight is 381 g/mol. The van der Waals surface area contributed by atoms with Crippen LogP contribution >= 0.6 is 11.8 Å². The molecule has 0 atom stereocenters. The van der Waals surface area contributed by atoms with E-state index in [0.29, 0.717) is 6.04 Å². The van der Waals surface area contributed by atoms with Crippen LogP contribution in [0.15, 0.2) is 48.9 Å². The number of hydrogen-bond donors (Lipinski definition) is 1. The molecule has 27 heavy (non-hydrogen) atoms. The van der Waals surface area contributed by atoms with Gasteiger partial charge in [0.2, 0.25) is 0 Å². The molecule has 1 aliphatic carbocycles. The molecule has 4 nitrogen and oxygen atoms in total. The number of hydrogen-bond acceptors (Lipinski definition) is 4. The molecule has 142 valence electrons.